The summed E-state index contributed by atoms with van der Waals surface area (Å²) >= 11 is 0. The van der Waals surface area contributed by atoms with E-state index in [1.807, 2.05) is 13.8 Å². The van der Waals surface area contributed by atoms with Gasteiger partial charge in [0.05, 0.1) is 0 Å². The largest absolute Gasteiger partial charge is 0.249 e. The zero-order valence-corrected chi connectivity index (χ0v) is 6.38. The van der Waals surface area contributed by atoms with Gasteiger partial charge in [-0.15, -0.1) is 0 Å². The lowest BCUT2D eigenvalue weighted by atomic mass is 9.64. The Morgan fingerprint density at radius 2 is 1.80 bits per heavy atom. The number of hydrogen-bond donors (Lipinski definition) is 0. The summed E-state index contributed by atoms with van der Waals surface area (Å²) in [5, 5.41) is 0. The molecule has 0 aromatic rings. The monoisotopic (exact) mass is 146 g/mol. The van der Waals surface area contributed by atoms with Crippen molar-refractivity contribution in [3.8, 4) is 0 Å². The summed E-state index contributed by atoms with van der Waals surface area (Å²) in [4.78, 5) is 0. The molecule has 0 N–H and O–H groups in total. The Morgan fingerprint density at radius 3 is 1.90 bits per heavy atom. The quantitative estimate of drug-likeness (QED) is 0.499. The molecule has 0 aromatic heterocycles. The van der Waals surface area contributed by atoms with Gasteiger partial charge in [0, 0.05) is 12.8 Å². The van der Waals surface area contributed by atoms with Gasteiger partial charge in [0.2, 0.25) is 5.92 Å². The molecule has 1 rings (SSSR count). The molecule has 0 amide bonds. The molecule has 0 bridgehead atoms. The van der Waals surface area contributed by atoms with Crippen molar-refractivity contribution in [1.29, 1.82) is 0 Å². The van der Waals surface area contributed by atoms with Crippen LogP contribution in [0.2, 0.25) is 0 Å². The predicted octanol–water partition coefficient (Wildman–Crippen LogP) is 3.00. The molecular formula is C8H12F2. The van der Waals surface area contributed by atoms with Crippen LogP contribution in [0, 0.1) is 5.41 Å². The molecular weight excluding hydrogens is 134 g/mol. The van der Waals surface area contributed by atoms with E-state index < -0.39 is 5.92 Å². The highest BCUT2D eigenvalue weighted by Gasteiger charge is 2.53. The average molecular weight is 146 g/mol. The summed E-state index contributed by atoms with van der Waals surface area (Å²) in [7, 11) is 0. The molecule has 0 radical (unpaired) electrons. The highest BCUT2D eigenvalue weighted by molar-refractivity contribution is 5.14. The van der Waals surface area contributed by atoms with E-state index in [0.717, 1.165) is 5.57 Å². The second-order valence-electron chi connectivity index (χ2n) is 3.55. The minimum atomic E-state index is -2.42. The number of rotatable bonds is 1. The highest BCUT2D eigenvalue weighted by Crippen LogP contribution is 2.55. The molecule has 0 heterocycles. The number of allylic oxidation sites excluding steroid dienone is 1. The molecule has 0 nitrogen and oxygen atoms in total. The van der Waals surface area contributed by atoms with Crippen molar-refractivity contribution in [3.05, 3.63) is 12.2 Å². The first kappa shape index (κ1) is 7.70. The van der Waals surface area contributed by atoms with E-state index in [9.17, 15) is 8.78 Å². The van der Waals surface area contributed by atoms with Gasteiger partial charge in [-0.1, -0.05) is 19.1 Å². The predicted molar refractivity (Wildman–Crippen MR) is 37.1 cm³/mol. The van der Waals surface area contributed by atoms with Crippen molar-refractivity contribution in [2.45, 2.75) is 32.6 Å². The zero-order valence-electron chi connectivity index (χ0n) is 6.38. The Kier molecular flexibility index (Phi) is 1.39. The molecule has 0 saturated heterocycles. The van der Waals surface area contributed by atoms with Crippen LogP contribution in [-0.2, 0) is 0 Å². The Bertz CT molecular complexity index is 162. The maximum Gasteiger partial charge on any atom is 0.249 e. The van der Waals surface area contributed by atoms with Crippen LogP contribution in [0.15, 0.2) is 12.2 Å². The van der Waals surface area contributed by atoms with Gasteiger partial charge >= 0.3 is 0 Å². The fraction of sp³-hybridized carbons (Fsp3) is 0.750. The summed E-state index contributed by atoms with van der Waals surface area (Å²) in [6, 6.07) is 0. The minimum absolute atomic E-state index is 0.0185. The van der Waals surface area contributed by atoms with Crippen LogP contribution in [0.25, 0.3) is 0 Å². The third-order valence-corrected chi connectivity index (χ3v) is 2.33. The maximum absolute atomic E-state index is 12.4. The van der Waals surface area contributed by atoms with Crippen LogP contribution in [0.5, 0.6) is 0 Å². The van der Waals surface area contributed by atoms with Crippen LogP contribution < -0.4 is 0 Å². The second-order valence-corrected chi connectivity index (χ2v) is 3.55. The normalized spacial score (nSPS) is 27.2. The Morgan fingerprint density at radius 1 is 1.40 bits per heavy atom. The minimum Gasteiger partial charge on any atom is -0.207 e. The van der Waals surface area contributed by atoms with Crippen LogP contribution in [0.1, 0.15) is 26.7 Å². The van der Waals surface area contributed by atoms with Gasteiger partial charge in [-0.25, -0.2) is 8.78 Å². The van der Waals surface area contributed by atoms with Crippen molar-refractivity contribution in [2.24, 2.45) is 5.41 Å². The number of hydrogen-bond acceptors (Lipinski definition) is 0. The van der Waals surface area contributed by atoms with Crippen molar-refractivity contribution in [2.75, 3.05) is 0 Å². The first-order valence-electron chi connectivity index (χ1n) is 3.40. The van der Waals surface area contributed by atoms with E-state index >= 15 is 0 Å². The molecule has 10 heavy (non-hydrogen) atoms. The van der Waals surface area contributed by atoms with Gasteiger partial charge in [0.15, 0.2) is 0 Å². The SMILES string of the molecule is C=C(C)C1(C)CC(F)(F)C1. The molecule has 1 fully saturated rings. The lowest BCUT2D eigenvalue weighted by Crippen LogP contribution is -2.44. The zero-order chi connectivity index (χ0) is 7.99. The maximum atomic E-state index is 12.4. The van der Waals surface area contributed by atoms with Crippen LogP contribution >= 0.6 is 0 Å². The lowest BCUT2D eigenvalue weighted by Gasteiger charge is -2.45. The molecule has 1 saturated carbocycles. The molecule has 58 valence electrons. The summed E-state index contributed by atoms with van der Waals surface area (Å²) in [5.74, 6) is -2.42. The van der Waals surface area contributed by atoms with Crippen molar-refractivity contribution < 1.29 is 8.78 Å². The Labute approximate surface area is 59.9 Å². The molecule has 0 aromatic carbocycles. The van der Waals surface area contributed by atoms with Gasteiger partial charge in [0.25, 0.3) is 0 Å². The number of alkyl halides is 2. The van der Waals surface area contributed by atoms with Gasteiger partial charge in [-0.3, -0.25) is 0 Å². The third-order valence-electron chi connectivity index (χ3n) is 2.33. The topological polar surface area (TPSA) is 0 Å². The molecule has 0 aliphatic heterocycles. The van der Waals surface area contributed by atoms with E-state index in [-0.39, 0.29) is 18.3 Å². The van der Waals surface area contributed by atoms with E-state index in [1.54, 1.807) is 0 Å². The van der Waals surface area contributed by atoms with Crippen molar-refractivity contribution in [1.82, 2.24) is 0 Å². The van der Waals surface area contributed by atoms with Gasteiger partial charge < -0.3 is 0 Å². The molecule has 0 spiro atoms. The third kappa shape index (κ3) is 1.07. The molecule has 0 unspecified atom stereocenters. The smallest absolute Gasteiger partial charge is 0.207 e. The molecule has 1 aliphatic carbocycles. The van der Waals surface area contributed by atoms with E-state index in [4.69, 9.17) is 0 Å². The fourth-order valence-corrected chi connectivity index (χ4v) is 1.39. The first-order valence-corrected chi connectivity index (χ1v) is 3.40. The fourth-order valence-electron chi connectivity index (χ4n) is 1.39. The summed E-state index contributed by atoms with van der Waals surface area (Å²) in [6.07, 6.45) is -0.0370. The Hall–Kier alpha value is -0.400. The van der Waals surface area contributed by atoms with E-state index in [1.165, 1.54) is 0 Å². The van der Waals surface area contributed by atoms with E-state index in [0.29, 0.717) is 0 Å². The van der Waals surface area contributed by atoms with Crippen molar-refractivity contribution >= 4 is 0 Å². The van der Waals surface area contributed by atoms with Gasteiger partial charge in [-0.05, 0) is 12.3 Å². The molecule has 2 heteroatoms. The van der Waals surface area contributed by atoms with Gasteiger partial charge in [-0.2, -0.15) is 0 Å². The van der Waals surface area contributed by atoms with Gasteiger partial charge in [0.1, 0.15) is 0 Å². The van der Waals surface area contributed by atoms with Crippen molar-refractivity contribution in [3.63, 3.8) is 0 Å². The standard InChI is InChI=1S/C8H12F2/c1-6(2)7(3)4-8(9,10)5-7/h1,4-5H2,2-3H3. The summed E-state index contributed by atoms with van der Waals surface area (Å²) in [5.41, 5.74) is 0.585. The lowest BCUT2D eigenvalue weighted by molar-refractivity contribution is -0.138. The molecule has 0 atom stereocenters. The first-order chi connectivity index (χ1) is 4.36. The second kappa shape index (κ2) is 1.80. The van der Waals surface area contributed by atoms with Crippen LogP contribution in [0.3, 0.4) is 0 Å². The molecule has 1 aliphatic rings. The highest BCUT2D eigenvalue weighted by atomic mass is 19.3. The Balaban J connectivity index is 2.58. The van der Waals surface area contributed by atoms with Crippen LogP contribution in [-0.4, -0.2) is 5.92 Å². The van der Waals surface area contributed by atoms with Crippen LogP contribution in [0.4, 0.5) is 8.78 Å². The summed E-state index contributed by atoms with van der Waals surface area (Å²) < 4.78 is 24.7. The summed E-state index contributed by atoms with van der Waals surface area (Å²) in [6.45, 7) is 7.34. The average Bonchev–Trinajstić information content (AvgIpc) is 1.59. The van der Waals surface area contributed by atoms with E-state index in [2.05, 4.69) is 6.58 Å². The number of halogens is 2.